The number of carboxylic acids is 1. The fourth-order valence-electron chi connectivity index (χ4n) is 1.91. The molecule has 1 aliphatic carbocycles. The average molecular weight is 309 g/mol. The fourth-order valence-corrected chi connectivity index (χ4v) is 3.19. The molecule has 0 aromatic heterocycles. The van der Waals surface area contributed by atoms with Gasteiger partial charge in [-0.1, -0.05) is 13.0 Å². The molecule has 2 N–H and O–H groups in total. The first kappa shape index (κ1) is 15.7. The minimum Gasteiger partial charge on any atom is -0.478 e. The van der Waals surface area contributed by atoms with E-state index in [9.17, 15) is 13.2 Å². The summed E-state index contributed by atoms with van der Waals surface area (Å²) in [5.41, 5.74) is 1.50. The number of carboxylic acid groups (broad SMARTS) is 1. The van der Waals surface area contributed by atoms with Crippen LogP contribution in [0.1, 0.15) is 30.9 Å². The lowest BCUT2D eigenvalue weighted by Crippen LogP contribution is -2.29. The van der Waals surface area contributed by atoms with Crippen molar-refractivity contribution in [3.8, 4) is 0 Å². The first-order valence-corrected chi connectivity index (χ1v) is 8.22. The van der Waals surface area contributed by atoms with Crippen LogP contribution in [0.15, 0.2) is 29.2 Å². The minimum absolute atomic E-state index is 0.103. The molecule has 0 atom stereocenters. The summed E-state index contributed by atoms with van der Waals surface area (Å²) in [6.45, 7) is 4.26. The van der Waals surface area contributed by atoms with Crippen LogP contribution in [0.4, 0.5) is 0 Å². The Hall–Kier alpha value is -1.66. The van der Waals surface area contributed by atoms with Crippen LogP contribution >= 0.6 is 0 Å². The van der Waals surface area contributed by atoms with Gasteiger partial charge in [-0.3, -0.25) is 0 Å². The van der Waals surface area contributed by atoms with Crippen molar-refractivity contribution in [1.29, 1.82) is 0 Å². The van der Waals surface area contributed by atoms with Crippen molar-refractivity contribution in [2.24, 2.45) is 5.41 Å². The Kier molecular flexibility index (Phi) is 4.20. The van der Waals surface area contributed by atoms with E-state index in [0.29, 0.717) is 17.7 Å². The highest BCUT2D eigenvalue weighted by atomic mass is 32.2. The van der Waals surface area contributed by atoms with E-state index in [4.69, 9.17) is 5.11 Å². The lowest BCUT2D eigenvalue weighted by Gasteiger charge is -2.12. The molecule has 0 amide bonds. The summed E-state index contributed by atoms with van der Waals surface area (Å²) in [5, 5.41) is 8.61. The summed E-state index contributed by atoms with van der Waals surface area (Å²) in [4.78, 5) is 10.7. The smallest absolute Gasteiger partial charge is 0.328 e. The summed E-state index contributed by atoms with van der Waals surface area (Å²) in [6.07, 6.45) is 4.58. The Bertz CT molecular complexity index is 688. The van der Waals surface area contributed by atoms with Gasteiger partial charge in [-0.05, 0) is 54.5 Å². The standard InChI is InChI=1S/C15H19NO4S/c1-11-9-13(5-3-12(11)4-6-14(17)18)21(19,20)16-10-15(2)7-8-15/h3-6,9,16H,7-8,10H2,1-2H3,(H,17,18)/b6-4+. The van der Waals surface area contributed by atoms with Crippen molar-refractivity contribution >= 4 is 22.1 Å². The quantitative estimate of drug-likeness (QED) is 0.789. The zero-order valence-corrected chi connectivity index (χ0v) is 12.9. The van der Waals surface area contributed by atoms with Gasteiger partial charge in [-0.2, -0.15) is 0 Å². The van der Waals surface area contributed by atoms with E-state index < -0.39 is 16.0 Å². The second-order valence-corrected chi connectivity index (χ2v) is 7.59. The normalized spacial score (nSPS) is 17.0. The Morgan fingerprint density at radius 1 is 1.43 bits per heavy atom. The van der Waals surface area contributed by atoms with E-state index >= 15 is 0 Å². The monoisotopic (exact) mass is 309 g/mol. The van der Waals surface area contributed by atoms with Crippen LogP contribution in [0.3, 0.4) is 0 Å². The third-order valence-corrected chi connectivity index (χ3v) is 5.15. The summed E-state index contributed by atoms with van der Waals surface area (Å²) in [7, 11) is -3.51. The van der Waals surface area contributed by atoms with Gasteiger partial charge >= 0.3 is 5.97 Å². The zero-order chi connectivity index (χ0) is 15.7. The molecule has 0 radical (unpaired) electrons. The van der Waals surface area contributed by atoms with Gasteiger partial charge in [0, 0.05) is 12.6 Å². The Labute approximate surface area is 124 Å². The Morgan fingerprint density at radius 3 is 2.62 bits per heavy atom. The molecule has 1 saturated carbocycles. The minimum atomic E-state index is -3.51. The fraction of sp³-hybridized carbons (Fsp3) is 0.400. The molecule has 114 valence electrons. The second kappa shape index (κ2) is 5.61. The molecule has 0 heterocycles. The number of hydrogen-bond acceptors (Lipinski definition) is 3. The van der Waals surface area contributed by atoms with Gasteiger partial charge in [-0.15, -0.1) is 0 Å². The van der Waals surface area contributed by atoms with E-state index in [-0.39, 0.29) is 10.3 Å². The van der Waals surface area contributed by atoms with E-state index in [2.05, 4.69) is 11.6 Å². The van der Waals surface area contributed by atoms with Crippen molar-refractivity contribution in [3.05, 3.63) is 35.4 Å². The van der Waals surface area contributed by atoms with Gasteiger partial charge in [-0.25, -0.2) is 17.9 Å². The third kappa shape index (κ3) is 4.15. The molecule has 0 saturated heterocycles. The van der Waals surface area contributed by atoms with Gasteiger partial charge in [0.05, 0.1) is 4.90 Å². The molecule has 2 rings (SSSR count). The number of carbonyl (C=O) groups is 1. The van der Waals surface area contributed by atoms with Crippen molar-refractivity contribution in [1.82, 2.24) is 4.72 Å². The maximum atomic E-state index is 12.2. The van der Waals surface area contributed by atoms with E-state index in [1.165, 1.54) is 12.1 Å². The summed E-state index contributed by atoms with van der Waals surface area (Å²) >= 11 is 0. The Morgan fingerprint density at radius 2 is 2.10 bits per heavy atom. The van der Waals surface area contributed by atoms with Crippen LogP contribution in [0.25, 0.3) is 6.08 Å². The number of hydrogen-bond donors (Lipinski definition) is 2. The van der Waals surface area contributed by atoms with E-state index in [1.54, 1.807) is 19.1 Å². The van der Waals surface area contributed by atoms with Crippen LogP contribution < -0.4 is 4.72 Å². The SMILES string of the molecule is Cc1cc(S(=O)(=O)NCC2(C)CC2)ccc1/C=C/C(=O)O. The molecule has 0 bridgehead atoms. The highest BCUT2D eigenvalue weighted by molar-refractivity contribution is 7.89. The number of aryl methyl sites for hydroxylation is 1. The predicted octanol–water partition coefficient (Wildman–Crippen LogP) is 2.17. The van der Waals surface area contributed by atoms with Crippen molar-refractivity contribution in [2.45, 2.75) is 31.6 Å². The topological polar surface area (TPSA) is 83.5 Å². The van der Waals surface area contributed by atoms with Crippen molar-refractivity contribution in [2.75, 3.05) is 6.54 Å². The van der Waals surface area contributed by atoms with E-state index in [0.717, 1.165) is 18.9 Å². The number of rotatable bonds is 6. The summed E-state index contributed by atoms with van der Waals surface area (Å²) < 4.78 is 27.1. The zero-order valence-electron chi connectivity index (χ0n) is 12.1. The highest BCUT2D eigenvalue weighted by Gasteiger charge is 2.38. The van der Waals surface area contributed by atoms with Crippen molar-refractivity contribution in [3.63, 3.8) is 0 Å². The molecule has 1 aliphatic rings. The van der Waals surface area contributed by atoms with Gasteiger partial charge < -0.3 is 5.11 Å². The molecule has 21 heavy (non-hydrogen) atoms. The molecule has 1 aromatic rings. The first-order chi connectivity index (χ1) is 9.72. The van der Waals surface area contributed by atoms with Crippen LogP contribution in [0.2, 0.25) is 0 Å². The molecular weight excluding hydrogens is 290 g/mol. The maximum absolute atomic E-state index is 12.2. The summed E-state index contributed by atoms with van der Waals surface area (Å²) in [6, 6.07) is 4.66. The van der Waals surface area contributed by atoms with Crippen LogP contribution in [-0.4, -0.2) is 26.0 Å². The van der Waals surface area contributed by atoms with Crippen LogP contribution in [-0.2, 0) is 14.8 Å². The van der Waals surface area contributed by atoms with E-state index in [1.807, 2.05) is 0 Å². The third-order valence-electron chi connectivity index (χ3n) is 3.75. The number of nitrogens with one attached hydrogen (secondary N) is 1. The Balaban J connectivity index is 2.16. The predicted molar refractivity (Wildman–Crippen MR) is 80.4 cm³/mol. The molecule has 0 spiro atoms. The molecule has 1 fully saturated rings. The maximum Gasteiger partial charge on any atom is 0.328 e. The molecule has 1 aromatic carbocycles. The number of benzene rings is 1. The molecular formula is C15H19NO4S. The molecule has 0 unspecified atom stereocenters. The van der Waals surface area contributed by atoms with Crippen LogP contribution in [0.5, 0.6) is 0 Å². The van der Waals surface area contributed by atoms with Crippen LogP contribution in [0, 0.1) is 12.3 Å². The number of aliphatic carboxylic acids is 1. The first-order valence-electron chi connectivity index (χ1n) is 6.73. The lowest BCUT2D eigenvalue weighted by molar-refractivity contribution is -0.131. The average Bonchev–Trinajstić information content (AvgIpc) is 3.14. The van der Waals surface area contributed by atoms with Gasteiger partial charge in [0.2, 0.25) is 10.0 Å². The largest absolute Gasteiger partial charge is 0.478 e. The second-order valence-electron chi connectivity index (χ2n) is 5.83. The molecule has 5 nitrogen and oxygen atoms in total. The van der Waals surface area contributed by atoms with Crippen molar-refractivity contribution < 1.29 is 18.3 Å². The van der Waals surface area contributed by atoms with Gasteiger partial charge in [0.1, 0.15) is 0 Å². The number of sulfonamides is 1. The highest BCUT2D eigenvalue weighted by Crippen LogP contribution is 2.44. The molecule has 0 aliphatic heterocycles. The summed E-state index contributed by atoms with van der Waals surface area (Å²) in [5.74, 6) is -1.04. The van der Waals surface area contributed by atoms with Gasteiger partial charge in [0.25, 0.3) is 0 Å². The van der Waals surface area contributed by atoms with Gasteiger partial charge in [0.15, 0.2) is 0 Å². The molecule has 6 heteroatoms. The lowest BCUT2D eigenvalue weighted by atomic mass is 10.1.